The molecule has 1 aromatic heterocycles. The second-order valence-electron chi connectivity index (χ2n) is 3.06. The summed E-state index contributed by atoms with van der Waals surface area (Å²) in [5.41, 5.74) is 0. The first-order valence-corrected chi connectivity index (χ1v) is 3.86. The summed E-state index contributed by atoms with van der Waals surface area (Å²) in [6.45, 7) is 1.41. The third-order valence-corrected chi connectivity index (χ3v) is 1.82. The van der Waals surface area contributed by atoms with Crippen LogP contribution in [0.1, 0.15) is 11.8 Å². The van der Waals surface area contributed by atoms with Crippen molar-refractivity contribution in [1.82, 2.24) is 10.1 Å². The van der Waals surface area contributed by atoms with Crippen LogP contribution in [0.2, 0.25) is 0 Å². The zero-order chi connectivity index (χ0) is 8.55. The Bertz CT molecular complexity index is 267. The lowest BCUT2D eigenvalue weighted by Gasteiger charge is -2.21. The van der Waals surface area contributed by atoms with Crippen molar-refractivity contribution in [3.05, 3.63) is 5.89 Å². The smallest absolute Gasteiger partial charge is 0.265 e. The molecule has 0 saturated carbocycles. The van der Waals surface area contributed by atoms with Crippen LogP contribution in [0.15, 0.2) is 4.52 Å². The first kappa shape index (κ1) is 7.54. The average molecular weight is 169 g/mol. The van der Waals surface area contributed by atoms with Crippen LogP contribution < -0.4 is 4.90 Å². The summed E-state index contributed by atoms with van der Waals surface area (Å²) in [7, 11) is 3.76. The molecule has 1 aliphatic rings. The second kappa shape index (κ2) is 2.75. The second-order valence-corrected chi connectivity index (χ2v) is 3.06. The number of rotatable bonds is 2. The van der Waals surface area contributed by atoms with Crippen molar-refractivity contribution in [2.75, 3.05) is 32.2 Å². The van der Waals surface area contributed by atoms with E-state index in [1.165, 1.54) is 0 Å². The molecule has 0 radical (unpaired) electrons. The van der Waals surface area contributed by atoms with E-state index >= 15 is 0 Å². The molecule has 0 amide bonds. The van der Waals surface area contributed by atoms with Crippen LogP contribution >= 0.6 is 0 Å². The number of ether oxygens (including phenoxy) is 1. The van der Waals surface area contributed by atoms with Gasteiger partial charge < -0.3 is 14.2 Å². The molecular formula is C7H11N3O2. The molecule has 0 atom stereocenters. The van der Waals surface area contributed by atoms with Gasteiger partial charge in [-0.1, -0.05) is 0 Å². The maximum absolute atomic E-state index is 5.05. The normalized spacial score (nSPS) is 17.5. The quantitative estimate of drug-likeness (QED) is 0.635. The highest BCUT2D eigenvalue weighted by molar-refractivity contribution is 5.24. The highest BCUT2D eigenvalue weighted by Crippen LogP contribution is 2.23. The highest BCUT2D eigenvalue weighted by atomic mass is 16.5. The third kappa shape index (κ3) is 1.16. The lowest BCUT2D eigenvalue weighted by atomic mass is 10.1. The van der Waals surface area contributed by atoms with E-state index in [0.29, 0.717) is 31.0 Å². The van der Waals surface area contributed by atoms with E-state index in [-0.39, 0.29) is 0 Å². The fraction of sp³-hybridized carbons (Fsp3) is 0.714. The van der Waals surface area contributed by atoms with E-state index in [1.807, 2.05) is 19.0 Å². The van der Waals surface area contributed by atoms with E-state index < -0.39 is 0 Å². The van der Waals surface area contributed by atoms with Gasteiger partial charge in [-0.15, -0.1) is 0 Å². The average Bonchev–Trinajstić information content (AvgIpc) is 2.32. The highest BCUT2D eigenvalue weighted by Gasteiger charge is 2.26. The maximum Gasteiger partial charge on any atom is 0.265 e. The molecule has 12 heavy (non-hydrogen) atoms. The Labute approximate surface area is 70.3 Å². The molecule has 0 bridgehead atoms. The Morgan fingerprint density at radius 2 is 2.17 bits per heavy atom. The fourth-order valence-corrected chi connectivity index (χ4v) is 0.953. The van der Waals surface area contributed by atoms with Crippen molar-refractivity contribution < 1.29 is 9.26 Å². The molecule has 66 valence electrons. The molecule has 2 heterocycles. The lowest BCUT2D eigenvalue weighted by molar-refractivity contribution is -0.00445. The van der Waals surface area contributed by atoms with Crippen molar-refractivity contribution in [3.63, 3.8) is 0 Å². The van der Waals surface area contributed by atoms with Gasteiger partial charge in [-0.05, 0) is 5.16 Å². The summed E-state index contributed by atoms with van der Waals surface area (Å²) in [6.07, 6.45) is 0. The number of hydrogen-bond acceptors (Lipinski definition) is 5. The van der Waals surface area contributed by atoms with E-state index in [2.05, 4.69) is 10.1 Å². The molecule has 1 saturated heterocycles. The molecule has 0 unspecified atom stereocenters. The molecule has 0 aliphatic carbocycles. The van der Waals surface area contributed by atoms with E-state index in [9.17, 15) is 0 Å². The zero-order valence-corrected chi connectivity index (χ0v) is 7.15. The van der Waals surface area contributed by atoms with Crippen LogP contribution in [-0.2, 0) is 4.74 Å². The number of nitrogens with zero attached hydrogens (tertiary/aromatic N) is 3. The van der Waals surface area contributed by atoms with Gasteiger partial charge in [0.1, 0.15) is 0 Å². The Hall–Kier alpha value is -1.10. The number of anilines is 1. The summed E-state index contributed by atoms with van der Waals surface area (Å²) in [5.74, 6) is 1.62. The minimum atomic E-state index is 0.311. The van der Waals surface area contributed by atoms with Gasteiger partial charge >= 0.3 is 0 Å². The SMILES string of the molecule is CN(C)c1noc(C2COC2)n1. The standard InChI is InChI=1S/C7H11N3O2/c1-10(2)7-8-6(12-9-7)5-3-11-4-5/h5H,3-4H2,1-2H3. The van der Waals surface area contributed by atoms with Crippen LogP contribution in [0.5, 0.6) is 0 Å². The topological polar surface area (TPSA) is 51.4 Å². The first-order valence-electron chi connectivity index (χ1n) is 3.86. The molecule has 0 aromatic carbocycles. The molecule has 0 N–H and O–H groups in total. The van der Waals surface area contributed by atoms with E-state index in [0.717, 1.165) is 0 Å². The van der Waals surface area contributed by atoms with Crippen LogP contribution in [-0.4, -0.2) is 37.4 Å². The van der Waals surface area contributed by atoms with Crippen LogP contribution in [0.3, 0.4) is 0 Å². The van der Waals surface area contributed by atoms with Crippen molar-refractivity contribution in [2.24, 2.45) is 0 Å². The number of aromatic nitrogens is 2. The van der Waals surface area contributed by atoms with E-state index in [1.54, 1.807) is 0 Å². The Morgan fingerprint density at radius 3 is 2.58 bits per heavy atom. The van der Waals surface area contributed by atoms with Gasteiger partial charge in [-0.3, -0.25) is 0 Å². The molecule has 2 rings (SSSR count). The van der Waals surface area contributed by atoms with Gasteiger partial charge in [0.05, 0.1) is 19.1 Å². The summed E-state index contributed by atoms with van der Waals surface area (Å²) < 4.78 is 10.1. The zero-order valence-electron chi connectivity index (χ0n) is 7.15. The summed E-state index contributed by atoms with van der Waals surface area (Å²) in [6, 6.07) is 0. The maximum atomic E-state index is 5.05. The fourth-order valence-electron chi connectivity index (χ4n) is 0.953. The van der Waals surface area contributed by atoms with Gasteiger partial charge in [0.15, 0.2) is 0 Å². The first-order chi connectivity index (χ1) is 5.77. The molecule has 5 heteroatoms. The van der Waals surface area contributed by atoms with Crippen LogP contribution in [0.4, 0.5) is 5.95 Å². The monoisotopic (exact) mass is 169 g/mol. The Kier molecular flexibility index (Phi) is 1.73. The molecule has 0 spiro atoms. The van der Waals surface area contributed by atoms with Crippen molar-refractivity contribution in [1.29, 1.82) is 0 Å². The van der Waals surface area contributed by atoms with Crippen molar-refractivity contribution >= 4 is 5.95 Å². The predicted molar refractivity (Wildman–Crippen MR) is 42.2 cm³/mol. The Morgan fingerprint density at radius 1 is 1.42 bits per heavy atom. The summed E-state index contributed by atoms with van der Waals surface area (Å²) in [5, 5.41) is 3.80. The van der Waals surface area contributed by atoms with Crippen molar-refractivity contribution in [3.8, 4) is 0 Å². The summed E-state index contributed by atoms with van der Waals surface area (Å²) >= 11 is 0. The van der Waals surface area contributed by atoms with Gasteiger partial charge in [0, 0.05) is 14.1 Å². The van der Waals surface area contributed by atoms with Crippen LogP contribution in [0, 0.1) is 0 Å². The molecule has 5 nitrogen and oxygen atoms in total. The van der Waals surface area contributed by atoms with Crippen LogP contribution in [0.25, 0.3) is 0 Å². The third-order valence-electron chi connectivity index (χ3n) is 1.82. The largest absolute Gasteiger partial charge is 0.380 e. The van der Waals surface area contributed by atoms with Crippen molar-refractivity contribution in [2.45, 2.75) is 5.92 Å². The number of hydrogen-bond donors (Lipinski definition) is 0. The lowest BCUT2D eigenvalue weighted by Crippen LogP contribution is -2.25. The molecule has 1 fully saturated rings. The summed E-state index contributed by atoms with van der Waals surface area (Å²) in [4.78, 5) is 6.01. The molecular weight excluding hydrogens is 158 g/mol. The molecule has 1 aromatic rings. The van der Waals surface area contributed by atoms with Gasteiger partial charge in [-0.2, -0.15) is 4.98 Å². The van der Waals surface area contributed by atoms with Gasteiger partial charge in [-0.25, -0.2) is 0 Å². The van der Waals surface area contributed by atoms with Gasteiger partial charge in [0.25, 0.3) is 5.95 Å². The Balaban J connectivity index is 2.12. The predicted octanol–water partition coefficient (Wildman–Crippen LogP) is 0.249. The minimum absolute atomic E-state index is 0.311. The van der Waals surface area contributed by atoms with Gasteiger partial charge in [0.2, 0.25) is 5.89 Å². The molecule has 1 aliphatic heterocycles. The minimum Gasteiger partial charge on any atom is -0.380 e. The van der Waals surface area contributed by atoms with E-state index in [4.69, 9.17) is 9.26 Å².